The van der Waals surface area contributed by atoms with E-state index in [0.29, 0.717) is 6.54 Å². The zero-order valence-electron chi connectivity index (χ0n) is 13.0. The fourth-order valence-corrected chi connectivity index (χ4v) is 2.63. The molecule has 3 nitrogen and oxygen atoms in total. The van der Waals surface area contributed by atoms with Crippen LogP contribution in [-0.4, -0.2) is 29.5 Å². The van der Waals surface area contributed by atoms with Crippen LogP contribution in [0.15, 0.2) is 54.9 Å². The van der Waals surface area contributed by atoms with Gasteiger partial charge in [-0.1, -0.05) is 44.2 Å². The van der Waals surface area contributed by atoms with Crippen LogP contribution in [0.1, 0.15) is 25.0 Å². The van der Waals surface area contributed by atoms with E-state index in [1.807, 2.05) is 12.4 Å². The Labute approximate surface area is 127 Å². The number of nitrogens with zero attached hydrogens (tertiary/aromatic N) is 2. The molecule has 1 aromatic heterocycles. The summed E-state index contributed by atoms with van der Waals surface area (Å²) in [7, 11) is 0. The van der Waals surface area contributed by atoms with Crippen molar-refractivity contribution < 1.29 is 0 Å². The number of nitrogens with two attached hydrogens (primary N) is 1. The number of aromatic nitrogens is 1. The van der Waals surface area contributed by atoms with Crippen LogP contribution in [0.2, 0.25) is 0 Å². The largest absolute Gasteiger partial charge is 0.330 e. The van der Waals surface area contributed by atoms with Gasteiger partial charge in [-0.25, -0.2) is 0 Å². The van der Waals surface area contributed by atoms with Gasteiger partial charge in [-0.05, 0) is 29.8 Å². The monoisotopic (exact) mass is 283 g/mol. The highest BCUT2D eigenvalue weighted by Gasteiger charge is 2.27. The van der Waals surface area contributed by atoms with Crippen molar-refractivity contribution in [1.82, 2.24) is 9.88 Å². The molecule has 0 saturated carbocycles. The predicted molar refractivity (Wildman–Crippen MR) is 88.0 cm³/mol. The SMILES string of the molecule is CCN(Cc1ccncc1)CC(C)(CN)c1ccccc1. The Morgan fingerprint density at radius 1 is 1.10 bits per heavy atom. The van der Waals surface area contributed by atoms with E-state index in [1.54, 1.807) is 0 Å². The summed E-state index contributed by atoms with van der Waals surface area (Å²) in [5.74, 6) is 0. The third-order valence-corrected chi connectivity index (χ3v) is 4.10. The summed E-state index contributed by atoms with van der Waals surface area (Å²) >= 11 is 0. The second kappa shape index (κ2) is 7.34. The van der Waals surface area contributed by atoms with Crippen LogP contribution in [-0.2, 0) is 12.0 Å². The van der Waals surface area contributed by atoms with Gasteiger partial charge in [-0.15, -0.1) is 0 Å². The summed E-state index contributed by atoms with van der Waals surface area (Å²) in [5, 5.41) is 0. The lowest BCUT2D eigenvalue weighted by Gasteiger charge is -2.35. The van der Waals surface area contributed by atoms with Gasteiger partial charge in [0.1, 0.15) is 0 Å². The lowest BCUT2D eigenvalue weighted by atomic mass is 9.82. The van der Waals surface area contributed by atoms with Gasteiger partial charge in [0.25, 0.3) is 0 Å². The Kier molecular flexibility index (Phi) is 5.48. The molecule has 112 valence electrons. The molecule has 0 spiro atoms. The third kappa shape index (κ3) is 4.13. The van der Waals surface area contributed by atoms with Crippen LogP contribution in [0.4, 0.5) is 0 Å². The molecule has 1 heterocycles. The Balaban J connectivity index is 2.12. The van der Waals surface area contributed by atoms with Crippen molar-refractivity contribution in [2.75, 3.05) is 19.6 Å². The Morgan fingerprint density at radius 3 is 2.33 bits per heavy atom. The average molecular weight is 283 g/mol. The van der Waals surface area contributed by atoms with Gasteiger partial charge in [0, 0.05) is 37.4 Å². The zero-order chi connectivity index (χ0) is 15.1. The number of pyridine rings is 1. The highest BCUT2D eigenvalue weighted by Crippen LogP contribution is 2.24. The second-order valence-electron chi connectivity index (χ2n) is 5.79. The summed E-state index contributed by atoms with van der Waals surface area (Å²) in [5.41, 5.74) is 8.67. The molecule has 0 aliphatic heterocycles. The summed E-state index contributed by atoms with van der Waals surface area (Å²) in [4.78, 5) is 6.52. The van der Waals surface area contributed by atoms with Crippen LogP contribution in [0, 0.1) is 0 Å². The maximum atomic E-state index is 6.10. The van der Waals surface area contributed by atoms with E-state index in [9.17, 15) is 0 Å². The maximum Gasteiger partial charge on any atom is 0.0271 e. The number of rotatable bonds is 7. The van der Waals surface area contributed by atoms with Crippen molar-refractivity contribution in [3.8, 4) is 0 Å². The smallest absolute Gasteiger partial charge is 0.0271 e. The summed E-state index contributed by atoms with van der Waals surface area (Å²) in [6.45, 7) is 7.98. The molecule has 0 radical (unpaired) electrons. The van der Waals surface area contributed by atoms with E-state index in [-0.39, 0.29) is 5.41 Å². The fraction of sp³-hybridized carbons (Fsp3) is 0.389. The molecule has 1 unspecified atom stereocenters. The summed E-state index contributed by atoms with van der Waals surface area (Å²) < 4.78 is 0. The van der Waals surface area contributed by atoms with Crippen LogP contribution in [0.5, 0.6) is 0 Å². The van der Waals surface area contributed by atoms with Crippen molar-refractivity contribution in [2.24, 2.45) is 5.73 Å². The second-order valence-corrected chi connectivity index (χ2v) is 5.79. The minimum atomic E-state index is -0.0235. The first-order chi connectivity index (χ1) is 10.2. The molecule has 0 amide bonds. The lowest BCUT2D eigenvalue weighted by molar-refractivity contribution is 0.219. The molecule has 1 aromatic carbocycles. The molecule has 0 saturated heterocycles. The van der Waals surface area contributed by atoms with Crippen molar-refractivity contribution in [1.29, 1.82) is 0 Å². The average Bonchev–Trinajstić information content (AvgIpc) is 2.56. The number of hydrogen-bond donors (Lipinski definition) is 1. The van der Waals surface area contributed by atoms with Crippen LogP contribution in [0.3, 0.4) is 0 Å². The molecule has 2 N–H and O–H groups in total. The molecule has 0 aliphatic carbocycles. The minimum absolute atomic E-state index is 0.0235. The van der Waals surface area contributed by atoms with E-state index >= 15 is 0 Å². The van der Waals surface area contributed by atoms with E-state index in [0.717, 1.165) is 19.6 Å². The molecule has 2 aromatic rings. The van der Waals surface area contributed by atoms with Gasteiger partial charge in [0.15, 0.2) is 0 Å². The number of hydrogen-bond acceptors (Lipinski definition) is 3. The number of likely N-dealkylation sites (N-methyl/N-ethyl adjacent to an activating group) is 1. The van der Waals surface area contributed by atoms with E-state index in [2.05, 4.69) is 66.2 Å². The van der Waals surface area contributed by atoms with Crippen LogP contribution < -0.4 is 5.73 Å². The molecule has 3 heteroatoms. The Morgan fingerprint density at radius 2 is 1.76 bits per heavy atom. The van der Waals surface area contributed by atoms with E-state index < -0.39 is 0 Å². The number of benzene rings is 1. The highest BCUT2D eigenvalue weighted by atomic mass is 15.1. The highest BCUT2D eigenvalue weighted by molar-refractivity contribution is 5.25. The van der Waals surface area contributed by atoms with Crippen molar-refractivity contribution >= 4 is 0 Å². The first-order valence-corrected chi connectivity index (χ1v) is 7.55. The Hall–Kier alpha value is -1.71. The van der Waals surface area contributed by atoms with Gasteiger partial charge < -0.3 is 5.73 Å². The Bertz CT molecular complexity index is 527. The molecule has 1 atom stereocenters. The molecule has 0 fully saturated rings. The molecular formula is C18H25N3. The molecule has 2 rings (SSSR count). The minimum Gasteiger partial charge on any atom is -0.330 e. The van der Waals surface area contributed by atoms with Gasteiger partial charge in [0.05, 0.1) is 0 Å². The third-order valence-electron chi connectivity index (χ3n) is 4.10. The maximum absolute atomic E-state index is 6.10. The predicted octanol–water partition coefficient (Wildman–Crippen LogP) is 2.82. The molecule has 21 heavy (non-hydrogen) atoms. The van der Waals surface area contributed by atoms with Gasteiger partial charge in [-0.3, -0.25) is 9.88 Å². The molecule has 0 bridgehead atoms. The quantitative estimate of drug-likeness (QED) is 0.849. The van der Waals surface area contributed by atoms with Crippen LogP contribution >= 0.6 is 0 Å². The fourth-order valence-electron chi connectivity index (χ4n) is 2.63. The van der Waals surface area contributed by atoms with Gasteiger partial charge in [0.2, 0.25) is 0 Å². The first-order valence-electron chi connectivity index (χ1n) is 7.55. The lowest BCUT2D eigenvalue weighted by Crippen LogP contribution is -2.43. The van der Waals surface area contributed by atoms with Gasteiger partial charge >= 0.3 is 0 Å². The molecular weight excluding hydrogens is 258 g/mol. The summed E-state index contributed by atoms with van der Waals surface area (Å²) in [6.07, 6.45) is 3.70. The topological polar surface area (TPSA) is 42.2 Å². The van der Waals surface area contributed by atoms with E-state index in [4.69, 9.17) is 5.73 Å². The zero-order valence-corrected chi connectivity index (χ0v) is 13.0. The van der Waals surface area contributed by atoms with Crippen molar-refractivity contribution in [3.63, 3.8) is 0 Å². The molecule has 0 aliphatic rings. The standard InChI is InChI=1S/C18H25N3/c1-3-21(13-16-9-11-20-12-10-16)15-18(2,14-19)17-7-5-4-6-8-17/h4-12H,3,13-15,19H2,1-2H3. The summed E-state index contributed by atoms with van der Waals surface area (Å²) in [6, 6.07) is 14.7. The normalized spacial score (nSPS) is 14.1. The van der Waals surface area contributed by atoms with Crippen molar-refractivity contribution in [3.05, 3.63) is 66.0 Å². The van der Waals surface area contributed by atoms with E-state index in [1.165, 1.54) is 11.1 Å². The van der Waals surface area contributed by atoms with Gasteiger partial charge in [-0.2, -0.15) is 0 Å². The first kappa shape index (κ1) is 15.7. The van der Waals surface area contributed by atoms with Crippen LogP contribution in [0.25, 0.3) is 0 Å². The van der Waals surface area contributed by atoms with Crippen molar-refractivity contribution in [2.45, 2.75) is 25.8 Å².